The lowest BCUT2D eigenvalue weighted by atomic mass is 10.1. The number of carbonyl (C=O) groups is 1. The second-order valence-corrected chi connectivity index (χ2v) is 6.33. The molecule has 1 heterocycles. The van der Waals surface area contributed by atoms with E-state index in [-0.39, 0.29) is 18.3 Å². The van der Waals surface area contributed by atoms with E-state index in [2.05, 4.69) is 36.9 Å². The number of hydrogen-bond acceptors (Lipinski definition) is 3. The van der Waals surface area contributed by atoms with E-state index in [1.807, 2.05) is 4.90 Å². The summed E-state index contributed by atoms with van der Waals surface area (Å²) in [6, 6.07) is 12.0. The van der Waals surface area contributed by atoms with Gasteiger partial charge in [-0.1, -0.05) is 12.1 Å². The van der Waals surface area contributed by atoms with Crippen LogP contribution in [0.4, 0.5) is 10.1 Å². The van der Waals surface area contributed by atoms with Gasteiger partial charge in [0, 0.05) is 31.9 Å². The Bertz CT molecular complexity index is 738. The number of ether oxygens (including phenoxy) is 1. The zero-order valence-electron chi connectivity index (χ0n) is 14.7. The summed E-state index contributed by atoms with van der Waals surface area (Å²) >= 11 is 0. The van der Waals surface area contributed by atoms with Crippen LogP contribution in [-0.4, -0.2) is 43.6 Å². The Morgan fingerprint density at radius 1 is 1.04 bits per heavy atom. The summed E-state index contributed by atoms with van der Waals surface area (Å²) in [6.07, 6.45) is 0. The van der Waals surface area contributed by atoms with Crippen molar-refractivity contribution < 1.29 is 13.9 Å². The van der Waals surface area contributed by atoms with Crippen LogP contribution >= 0.6 is 0 Å². The molecule has 132 valence electrons. The van der Waals surface area contributed by atoms with Crippen molar-refractivity contribution in [3.63, 3.8) is 0 Å². The number of carbonyl (C=O) groups excluding carboxylic acids is 1. The maximum atomic E-state index is 12.9. The van der Waals surface area contributed by atoms with Crippen molar-refractivity contribution in [2.75, 3.05) is 37.7 Å². The number of rotatable bonds is 4. The van der Waals surface area contributed by atoms with Gasteiger partial charge < -0.3 is 14.5 Å². The zero-order chi connectivity index (χ0) is 17.8. The van der Waals surface area contributed by atoms with Crippen molar-refractivity contribution in [3.8, 4) is 5.75 Å². The summed E-state index contributed by atoms with van der Waals surface area (Å²) in [5, 5.41) is 0. The SMILES string of the molecule is Cc1cccc(N2CCN(C(=O)COc3ccc(F)cc3)CC2)c1C. The van der Waals surface area contributed by atoms with Crippen LogP contribution in [0.1, 0.15) is 11.1 Å². The summed E-state index contributed by atoms with van der Waals surface area (Å²) < 4.78 is 18.3. The smallest absolute Gasteiger partial charge is 0.260 e. The summed E-state index contributed by atoms with van der Waals surface area (Å²) in [5.74, 6) is 0.148. The molecule has 1 saturated heterocycles. The number of halogens is 1. The minimum Gasteiger partial charge on any atom is -0.484 e. The average molecular weight is 342 g/mol. The van der Waals surface area contributed by atoms with E-state index in [1.54, 1.807) is 0 Å². The van der Waals surface area contributed by atoms with Crippen LogP contribution in [0.15, 0.2) is 42.5 Å². The minimum atomic E-state index is -0.318. The van der Waals surface area contributed by atoms with E-state index < -0.39 is 0 Å². The third-order valence-corrected chi connectivity index (χ3v) is 4.73. The van der Waals surface area contributed by atoms with Crippen LogP contribution in [0.25, 0.3) is 0 Å². The van der Waals surface area contributed by atoms with Crippen molar-refractivity contribution in [1.29, 1.82) is 0 Å². The molecule has 0 saturated carbocycles. The van der Waals surface area contributed by atoms with E-state index >= 15 is 0 Å². The van der Waals surface area contributed by atoms with E-state index in [9.17, 15) is 9.18 Å². The fourth-order valence-corrected chi connectivity index (χ4v) is 3.04. The highest BCUT2D eigenvalue weighted by Gasteiger charge is 2.22. The van der Waals surface area contributed by atoms with Crippen LogP contribution in [-0.2, 0) is 4.79 Å². The predicted molar refractivity (Wildman–Crippen MR) is 96.6 cm³/mol. The van der Waals surface area contributed by atoms with Gasteiger partial charge in [-0.2, -0.15) is 0 Å². The largest absolute Gasteiger partial charge is 0.484 e. The molecule has 5 heteroatoms. The van der Waals surface area contributed by atoms with E-state index in [0.29, 0.717) is 18.8 Å². The molecule has 4 nitrogen and oxygen atoms in total. The third kappa shape index (κ3) is 4.10. The Kier molecular flexibility index (Phi) is 5.22. The van der Waals surface area contributed by atoms with Crippen LogP contribution in [0.2, 0.25) is 0 Å². The van der Waals surface area contributed by atoms with Gasteiger partial charge in [0.2, 0.25) is 0 Å². The van der Waals surface area contributed by atoms with Gasteiger partial charge in [-0.15, -0.1) is 0 Å². The van der Waals surface area contributed by atoms with Crippen LogP contribution in [0.5, 0.6) is 5.75 Å². The quantitative estimate of drug-likeness (QED) is 0.856. The molecule has 2 aromatic carbocycles. The number of hydrogen-bond donors (Lipinski definition) is 0. The van der Waals surface area contributed by atoms with Crippen LogP contribution in [0, 0.1) is 19.7 Å². The van der Waals surface area contributed by atoms with E-state index in [1.165, 1.54) is 41.1 Å². The molecule has 0 radical (unpaired) electrons. The summed E-state index contributed by atoms with van der Waals surface area (Å²) in [4.78, 5) is 16.5. The standard InChI is InChI=1S/C20H23FN2O2/c1-15-4-3-5-19(16(15)2)22-10-12-23(13-11-22)20(24)14-25-18-8-6-17(21)7-9-18/h3-9H,10-14H2,1-2H3. The highest BCUT2D eigenvalue weighted by Crippen LogP contribution is 2.23. The molecule has 1 aliphatic rings. The number of anilines is 1. The van der Waals surface area contributed by atoms with Gasteiger partial charge >= 0.3 is 0 Å². The fraction of sp³-hybridized carbons (Fsp3) is 0.350. The molecule has 2 aromatic rings. The number of amides is 1. The van der Waals surface area contributed by atoms with Gasteiger partial charge in [0.25, 0.3) is 5.91 Å². The fourth-order valence-electron chi connectivity index (χ4n) is 3.04. The average Bonchev–Trinajstić information content (AvgIpc) is 2.63. The Labute approximate surface area is 147 Å². The van der Waals surface area contributed by atoms with Gasteiger partial charge in [-0.05, 0) is 55.3 Å². The molecular weight excluding hydrogens is 319 g/mol. The third-order valence-electron chi connectivity index (χ3n) is 4.73. The second kappa shape index (κ2) is 7.55. The van der Waals surface area contributed by atoms with Crippen molar-refractivity contribution in [2.45, 2.75) is 13.8 Å². The van der Waals surface area contributed by atoms with Gasteiger partial charge in [0.05, 0.1) is 0 Å². The second-order valence-electron chi connectivity index (χ2n) is 6.33. The maximum absolute atomic E-state index is 12.9. The Balaban J connectivity index is 1.52. The van der Waals surface area contributed by atoms with Gasteiger partial charge in [0.1, 0.15) is 11.6 Å². The minimum absolute atomic E-state index is 0.0187. The highest BCUT2D eigenvalue weighted by molar-refractivity contribution is 5.78. The Morgan fingerprint density at radius 2 is 1.72 bits per heavy atom. The predicted octanol–water partition coefficient (Wildman–Crippen LogP) is 3.17. The van der Waals surface area contributed by atoms with Gasteiger partial charge in [-0.25, -0.2) is 4.39 Å². The molecule has 1 fully saturated rings. The number of nitrogens with zero attached hydrogens (tertiary/aromatic N) is 2. The lowest BCUT2D eigenvalue weighted by molar-refractivity contribution is -0.133. The summed E-state index contributed by atoms with van der Waals surface area (Å²) in [7, 11) is 0. The first-order valence-electron chi connectivity index (χ1n) is 8.52. The first-order valence-corrected chi connectivity index (χ1v) is 8.52. The van der Waals surface area contributed by atoms with Gasteiger partial charge in [0.15, 0.2) is 6.61 Å². The molecule has 0 N–H and O–H groups in total. The van der Waals surface area contributed by atoms with Crippen molar-refractivity contribution in [2.24, 2.45) is 0 Å². The molecule has 0 aliphatic carbocycles. The molecule has 0 aromatic heterocycles. The van der Waals surface area contributed by atoms with Crippen molar-refractivity contribution in [3.05, 3.63) is 59.4 Å². The Hall–Kier alpha value is -2.56. The van der Waals surface area contributed by atoms with E-state index in [0.717, 1.165) is 13.1 Å². The first-order chi connectivity index (χ1) is 12.0. The zero-order valence-corrected chi connectivity index (χ0v) is 14.7. The van der Waals surface area contributed by atoms with Crippen molar-refractivity contribution in [1.82, 2.24) is 4.90 Å². The highest BCUT2D eigenvalue weighted by atomic mass is 19.1. The molecule has 0 atom stereocenters. The molecule has 25 heavy (non-hydrogen) atoms. The summed E-state index contributed by atoms with van der Waals surface area (Å²) in [5.41, 5.74) is 3.82. The first kappa shape index (κ1) is 17.3. The molecule has 3 rings (SSSR count). The Morgan fingerprint density at radius 3 is 2.40 bits per heavy atom. The normalized spacial score (nSPS) is 14.5. The van der Waals surface area contributed by atoms with Crippen LogP contribution < -0.4 is 9.64 Å². The number of aryl methyl sites for hydroxylation is 1. The molecule has 1 amide bonds. The molecule has 0 unspecified atom stereocenters. The molecule has 0 bridgehead atoms. The van der Waals surface area contributed by atoms with Crippen LogP contribution in [0.3, 0.4) is 0 Å². The van der Waals surface area contributed by atoms with Crippen molar-refractivity contribution >= 4 is 11.6 Å². The molecule has 0 spiro atoms. The number of benzene rings is 2. The maximum Gasteiger partial charge on any atom is 0.260 e. The molecule has 1 aliphatic heterocycles. The summed E-state index contributed by atoms with van der Waals surface area (Å²) in [6.45, 7) is 7.22. The molecular formula is C20H23FN2O2. The topological polar surface area (TPSA) is 32.8 Å². The number of piperazine rings is 1. The lowest BCUT2D eigenvalue weighted by Gasteiger charge is -2.37. The lowest BCUT2D eigenvalue weighted by Crippen LogP contribution is -2.50. The van der Waals surface area contributed by atoms with Gasteiger partial charge in [-0.3, -0.25) is 4.79 Å². The van der Waals surface area contributed by atoms with E-state index in [4.69, 9.17) is 4.74 Å². The monoisotopic (exact) mass is 342 g/mol.